The first-order valence-corrected chi connectivity index (χ1v) is 14.2. The van der Waals surface area contributed by atoms with Gasteiger partial charge in [0.2, 0.25) is 5.91 Å². The molecule has 11 heteroatoms. The lowest BCUT2D eigenvalue weighted by molar-refractivity contribution is -0.158. The first-order chi connectivity index (χ1) is 19.1. The van der Waals surface area contributed by atoms with E-state index in [-0.39, 0.29) is 62.1 Å². The number of carbonyl (C=O) groups excluding carboxylic acids is 5. The summed E-state index contributed by atoms with van der Waals surface area (Å²) in [7, 11) is 0. The molecule has 0 unspecified atom stereocenters. The zero-order valence-electron chi connectivity index (χ0n) is 25.5. The molecule has 0 saturated carbocycles. The van der Waals surface area contributed by atoms with Crippen LogP contribution in [0.5, 0.6) is 0 Å². The Hall–Kier alpha value is -3.63. The maximum atomic E-state index is 13.8. The maximum absolute atomic E-state index is 13.8. The molecule has 0 aromatic rings. The second-order valence-electron chi connectivity index (χ2n) is 12.1. The lowest BCUT2D eigenvalue weighted by Crippen LogP contribution is -2.54. The number of ether oxygens (including phenoxy) is 2. The van der Waals surface area contributed by atoms with Gasteiger partial charge < -0.3 is 25.0 Å². The molecule has 2 amide bonds. The largest absolute Gasteiger partial charge is 0.458 e. The van der Waals surface area contributed by atoms with Gasteiger partial charge in [-0.25, -0.2) is 9.59 Å². The van der Waals surface area contributed by atoms with Gasteiger partial charge in [0.15, 0.2) is 11.6 Å². The van der Waals surface area contributed by atoms with E-state index >= 15 is 0 Å². The van der Waals surface area contributed by atoms with Crippen molar-refractivity contribution in [3.63, 3.8) is 0 Å². The molecular formula is C30H46N4O7. The van der Waals surface area contributed by atoms with Gasteiger partial charge in [0.1, 0.15) is 24.3 Å². The van der Waals surface area contributed by atoms with E-state index in [0.29, 0.717) is 24.2 Å². The summed E-state index contributed by atoms with van der Waals surface area (Å²) in [6.45, 7) is 16.7. The summed E-state index contributed by atoms with van der Waals surface area (Å²) in [5.74, 6) is -1.29. The fraction of sp³-hybridized carbons (Fsp3) is 0.633. The van der Waals surface area contributed by atoms with Crippen molar-refractivity contribution in [3.05, 3.63) is 36.2 Å². The predicted octanol–water partition coefficient (Wildman–Crippen LogP) is 2.72. The third kappa shape index (κ3) is 10.7. The summed E-state index contributed by atoms with van der Waals surface area (Å²) in [5.41, 5.74) is 0.193. The Bertz CT molecular complexity index is 1070. The minimum Gasteiger partial charge on any atom is -0.458 e. The van der Waals surface area contributed by atoms with E-state index in [1.165, 1.54) is 28.0 Å². The van der Waals surface area contributed by atoms with Gasteiger partial charge >= 0.3 is 12.1 Å². The molecule has 2 N–H and O–H groups in total. The van der Waals surface area contributed by atoms with Crippen LogP contribution < -0.4 is 10.6 Å². The van der Waals surface area contributed by atoms with Crippen LogP contribution in [-0.4, -0.2) is 89.8 Å². The molecule has 0 saturated heterocycles. The van der Waals surface area contributed by atoms with Gasteiger partial charge in [-0.2, -0.15) is 0 Å². The van der Waals surface area contributed by atoms with Crippen molar-refractivity contribution < 1.29 is 33.4 Å². The van der Waals surface area contributed by atoms with Crippen molar-refractivity contribution in [1.82, 2.24) is 20.4 Å². The molecule has 2 aliphatic heterocycles. The van der Waals surface area contributed by atoms with E-state index in [9.17, 15) is 24.0 Å². The van der Waals surface area contributed by atoms with Crippen LogP contribution in [0.25, 0.3) is 0 Å². The van der Waals surface area contributed by atoms with Crippen molar-refractivity contribution in [3.8, 4) is 0 Å². The van der Waals surface area contributed by atoms with Crippen molar-refractivity contribution in [1.29, 1.82) is 0 Å². The SMILES string of the molecule is C=CCOC(=O)N1CC(=O)C=C(N[C@@H](CC(C)C)C(=O)N2CC(=O)C=C(N[C@H](C(=O)OC(C)(C)C)[C@@H](C)CC)C2)C1. The second kappa shape index (κ2) is 14.8. The Morgan fingerprint density at radius 2 is 1.54 bits per heavy atom. The number of nitrogens with zero attached hydrogens (tertiary/aromatic N) is 2. The molecule has 0 aliphatic carbocycles. The Labute approximate surface area is 243 Å². The zero-order chi connectivity index (χ0) is 30.9. The fourth-order valence-electron chi connectivity index (χ4n) is 4.52. The summed E-state index contributed by atoms with van der Waals surface area (Å²) in [6.07, 6.45) is 4.74. The van der Waals surface area contributed by atoms with Gasteiger partial charge in [-0.3, -0.25) is 19.3 Å². The maximum Gasteiger partial charge on any atom is 0.410 e. The molecule has 2 aliphatic rings. The summed E-state index contributed by atoms with van der Waals surface area (Å²) in [4.78, 5) is 66.9. The van der Waals surface area contributed by atoms with Crippen molar-refractivity contribution in [2.45, 2.75) is 79.0 Å². The summed E-state index contributed by atoms with van der Waals surface area (Å²) < 4.78 is 10.7. The normalized spacial score (nSPS) is 18.1. The molecule has 2 rings (SSSR count). The highest BCUT2D eigenvalue weighted by atomic mass is 16.6. The minimum absolute atomic E-state index is 0.0170. The van der Waals surface area contributed by atoms with Crippen LogP contribution >= 0.6 is 0 Å². The van der Waals surface area contributed by atoms with Gasteiger partial charge in [-0.05, 0) is 39.0 Å². The molecule has 3 atom stereocenters. The second-order valence-corrected chi connectivity index (χ2v) is 12.1. The molecule has 0 aromatic carbocycles. The summed E-state index contributed by atoms with van der Waals surface area (Å²) in [6, 6.07) is -1.44. The molecule has 0 bridgehead atoms. The molecule has 0 fully saturated rings. The highest BCUT2D eigenvalue weighted by molar-refractivity contribution is 5.97. The molecule has 228 valence electrons. The van der Waals surface area contributed by atoms with Crippen LogP contribution in [0.15, 0.2) is 36.2 Å². The fourth-order valence-corrected chi connectivity index (χ4v) is 4.52. The molecule has 41 heavy (non-hydrogen) atoms. The first-order valence-electron chi connectivity index (χ1n) is 14.2. The van der Waals surface area contributed by atoms with Gasteiger partial charge in [-0.15, -0.1) is 0 Å². The number of hydrogen-bond acceptors (Lipinski definition) is 9. The van der Waals surface area contributed by atoms with E-state index < -0.39 is 29.7 Å². The zero-order valence-corrected chi connectivity index (χ0v) is 25.5. The van der Waals surface area contributed by atoms with Crippen LogP contribution in [0, 0.1) is 11.8 Å². The lowest BCUT2D eigenvalue weighted by Gasteiger charge is -2.35. The quantitative estimate of drug-likeness (QED) is 0.266. The number of ketones is 2. The topological polar surface area (TPSA) is 134 Å². The number of nitrogens with one attached hydrogen (secondary N) is 2. The Morgan fingerprint density at radius 1 is 0.976 bits per heavy atom. The third-order valence-electron chi connectivity index (χ3n) is 6.56. The van der Waals surface area contributed by atoms with Crippen LogP contribution in [0.3, 0.4) is 0 Å². The number of rotatable bonds is 12. The van der Waals surface area contributed by atoms with E-state index in [2.05, 4.69) is 17.2 Å². The number of amides is 2. The highest BCUT2D eigenvalue weighted by Crippen LogP contribution is 2.19. The Morgan fingerprint density at radius 3 is 2.07 bits per heavy atom. The minimum atomic E-state index is -0.749. The van der Waals surface area contributed by atoms with E-state index in [4.69, 9.17) is 9.47 Å². The van der Waals surface area contributed by atoms with Crippen LogP contribution in [-0.2, 0) is 28.7 Å². The first kappa shape index (κ1) is 33.6. The Kier molecular flexibility index (Phi) is 12.2. The van der Waals surface area contributed by atoms with Gasteiger partial charge in [0.25, 0.3) is 0 Å². The molecule has 0 spiro atoms. The van der Waals surface area contributed by atoms with Crippen LogP contribution in [0.1, 0.15) is 61.3 Å². The van der Waals surface area contributed by atoms with E-state index in [1.54, 1.807) is 20.8 Å². The van der Waals surface area contributed by atoms with Crippen LogP contribution in [0.4, 0.5) is 4.79 Å². The van der Waals surface area contributed by atoms with Gasteiger partial charge in [-0.1, -0.05) is 46.8 Å². The molecule has 11 nitrogen and oxygen atoms in total. The summed E-state index contributed by atoms with van der Waals surface area (Å²) in [5, 5.41) is 6.33. The average Bonchev–Trinajstić information content (AvgIpc) is 2.87. The number of carbonyl (C=O) groups is 5. The third-order valence-corrected chi connectivity index (χ3v) is 6.56. The Balaban J connectivity index is 2.21. The van der Waals surface area contributed by atoms with Crippen LogP contribution in [0.2, 0.25) is 0 Å². The lowest BCUT2D eigenvalue weighted by atomic mass is 9.97. The summed E-state index contributed by atoms with van der Waals surface area (Å²) >= 11 is 0. The van der Waals surface area contributed by atoms with E-state index in [1.807, 2.05) is 27.7 Å². The molecule has 2 heterocycles. The standard InChI is InChI=1S/C30H46N4O7/c1-9-11-40-29(39)34-16-21(13-24(36)18-34)31-25(12-19(3)4)27(37)33-15-22(14-23(35)17-33)32-26(20(5)10-2)28(38)41-30(6,7)8/h9,13-14,19-20,25-26,31-32H,1,10-12,15-18H2,2-8H3/t20-,25-,26-/m0/s1. The molecular weight excluding hydrogens is 528 g/mol. The number of hydrogen-bond donors (Lipinski definition) is 2. The molecule has 0 aromatic heterocycles. The van der Waals surface area contributed by atoms with Crippen molar-refractivity contribution >= 4 is 29.5 Å². The number of esters is 1. The van der Waals surface area contributed by atoms with Crippen molar-refractivity contribution in [2.75, 3.05) is 32.8 Å². The van der Waals surface area contributed by atoms with Gasteiger partial charge in [0.05, 0.1) is 26.2 Å². The van der Waals surface area contributed by atoms with E-state index in [0.717, 1.165) is 0 Å². The highest BCUT2D eigenvalue weighted by Gasteiger charge is 2.34. The smallest absolute Gasteiger partial charge is 0.410 e. The van der Waals surface area contributed by atoms with Gasteiger partial charge in [0, 0.05) is 23.5 Å². The average molecular weight is 575 g/mol. The monoisotopic (exact) mass is 574 g/mol. The molecule has 0 radical (unpaired) electrons. The predicted molar refractivity (Wildman–Crippen MR) is 154 cm³/mol. The van der Waals surface area contributed by atoms with Crippen molar-refractivity contribution in [2.24, 2.45) is 11.8 Å².